The van der Waals surface area contributed by atoms with Crippen LogP contribution in [-0.2, 0) is 0 Å². The maximum absolute atomic E-state index is 12.5. The van der Waals surface area contributed by atoms with E-state index in [-0.39, 0.29) is 5.56 Å². The predicted octanol–water partition coefficient (Wildman–Crippen LogP) is 2.67. The van der Waals surface area contributed by atoms with Gasteiger partial charge in [0.2, 0.25) is 4.96 Å². The molecule has 2 heterocycles. The van der Waals surface area contributed by atoms with Crippen molar-refractivity contribution < 1.29 is 0 Å². The molecule has 4 aromatic rings. The van der Waals surface area contributed by atoms with Crippen LogP contribution < -0.4 is 10.1 Å². The average Bonchev–Trinajstić information content (AvgIpc) is 3.09. The summed E-state index contributed by atoms with van der Waals surface area (Å²) in [5, 5.41) is 4.37. The minimum Gasteiger partial charge on any atom is -0.266 e. The highest BCUT2D eigenvalue weighted by molar-refractivity contribution is 7.15. The second-order valence-corrected chi connectivity index (χ2v) is 6.33. The van der Waals surface area contributed by atoms with Gasteiger partial charge in [0.05, 0.1) is 4.53 Å². The van der Waals surface area contributed by atoms with E-state index >= 15 is 0 Å². The molecule has 2 aromatic heterocycles. The lowest BCUT2D eigenvalue weighted by Crippen LogP contribution is -2.23. The third kappa shape index (κ3) is 2.55. The van der Waals surface area contributed by atoms with Crippen LogP contribution in [0.15, 0.2) is 59.4 Å². The van der Waals surface area contributed by atoms with Crippen LogP contribution in [0, 0.1) is 6.92 Å². The topological polar surface area (TPSA) is 47.3 Å². The van der Waals surface area contributed by atoms with Crippen molar-refractivity contribution >= 4 is 22.4 Å². The Hall–Kier alpha value is -2.79. The molecule has 0 radical (unpaired) electrons. The lowest BCUT2D eigenvalue weighted by Gasteiger charge is -1.95. The molecular formula is C18H13N3OS. The molecule has 0 aliphatic rings. The summed E-state index contributed by atoms with van der Waals surface area (Å²) in [5.74, 6) is 0.586. The van der Waals surface area contributed by atoms with E-state index in [0.29, 0.717) is 15.3 Å². The monoisotopic (exact) mass is 319 g/mol. The van der Waals surface area contributed by atoms with Gasteiger partial charge < -0.3 is 0 Å². The number of nitrogens with zero attached hydrogens (tertiary/aromatic N) is 3. The third-order valence-electron chi connectivity index (χ3n) is 3.56. The second-order valence-electron chi connectivity index (χ2n) is 5.33. The first-order valence-electron chi connectivity index (χ1n) is 7.24. The molecule has 4 nitrogen and oxygen atoms in total. The Labute approximate surface area is 136 Å². The molecule has 0 unspecified atom stereocenters. The Bertz CT molecular complexity index is 1100. The van der Waals surface area contributed by atoms with Crippen molar-refractivity contribution in [2.75, 3.05) is 0 Å². The van der Waals surface area contributed by atoms with Gasteiger partial charge in [0.15, 0.2) is 5.82 Å². The average molecular weight is 319 g/mol. The second kappa shape index (κ2) is 5.44. The first-order chi connectivity index (χ1) is 11.2. The number of thiazole rings is 1. The molecule has 0 atom stereocenters. The zero-order chi connectivity index (χ0) is 15.8. The maximum atomic E-state index is 12.5. The molecule has 2 aromatic carbocycles. The van der Waals surface area contributed by atoms with E-state index in [4.69, 9.17) is 0 Å². The van der Waals surface area contributed by atoms with Gasteiger partial charge in [0.25, 0.3) is 5.56 Å². The van der Waals surface area contributed by atoms with E-state index in [2.05, 4.69) is 10.1 Å². The van der Waals surface area contributed by atoms with Gasteiger partial charge in [0, 0.05) is 5.56 Å². The number of aromatic nitrogens is 3. The van der Waals surface area contributed by atoms with E-state index in [1.165, 1.54) is 15.9 Å². The van der Waals surface area contributed by atoms with Crippen molar-refractivity contribution in [2.45, 2.75) is 6.92 Å². The van der Waals surface area contributed by atoms with Gasteiger partial charge in [0.1, 0.15) is 0 Å². The maximum Gasteiger partial charge on any atom is 0.291 e. The quantitative estimate of drug-likeness (QED) is 0.571. The molecule has 0 saturated heterocycles. The molecule has 0 spiro atoms. The van der Waals surface area contributed by atoms with Gasteiger partial charge in [-0.1, -0.05) is 65.4 Å². The molecule has 5 heteroatoms. The number of hydrogen-bond donors (Lipinski definition) is 0. The van der Waals surface area contributed by atoms with Crippen molar-refractivity contribution in [3.05, 3.63) is 80.6 Å². The molecule has 0 bridgehead atoms. The summed E-state index contributed by atoms with van der Waals surface area (Å²) in [6.07, 6.45) is 1.87. The lowest BCUT2D eigenvalue weighted by molar-refractivity contribution is 0.936. The fraction of sp³-hybridized carbons (Fsp3) is 0.0556. The highest BCUT2D eigenvalue weighted by Gasteiger charge is 2.11. The molecule has 4 rings (SSSR count). The summed E-state index contributed by atoms with van der Waals surface area (Å²) >= 11 is 1.36. The summed E-state index contributed by atoms with van der Waals surface area (Å²) in [6.45, 7) is 2.02. The number of rotatable bonds is 2. The summed E-state index contributed by atoms with van der Waals surface area (Å²) < 4.78 is 2.03. The molecule has 0 aliphatic carbocycles. The standard InChI is InChI=1S/C18H13N3OS/c1-12-6-5-9-14(10-12)16-19-18-21(20-16)17(22)15(23-18)11-13-7-3-2-4-8-13/h2-11H,1H3/b15-11-. The van der Waals surface area contributed by atoms with Crippen LogP contribution in [0.25, 0.3) is 22.4 Å². The van der Waals surface area contributed by atoms with E-state index in [9.17, 15) is 4.79 Å². The highest BCUT2D eigenvalue weighted by Crippen LogP contribution is 2.17. The third-order valence-corrected chi connectivity index (χ3v) is 4.51. The number of benzene rings is 2. The number of hydrogen-bond acceptors (Lipinski definition) is 4. The van der Waals surface area contributed by atoms with E-state index in [1.54, 1.807) is 0 Å². The molecule has 0 amide bonds. The predicted molar refractivity (Wildman–Crippen MR) is 92.5 cm³/mol. The zero-order valence-electron chi connectivity index (χ0n) is 12.4. The molecule has 0 saturated carbocycles. The van der Waals surface area contributed by atoms with Crippen molar-refractivity contribution in [3.8, 4) is 11.4 Å². The van der Waals surface area contributed by atoms with Crippen LogP contribution in [-0.4, -0.2) is 14.6 Å². The lowest BCUT2D eigenvalue weighted by atomic mass is 10.1. The largest absolute Gasteiger partial charge is 0.291 e. The minimum atomic E-state index is -0.125. The minimum absolute atomic E-state index is 0.125. The molecule has 112 valence electrons. The number of aryl methyl sites for hydroxylation is 1. The zero-order valence-corrected chi connectivity index (χ0v) is 13.2. The summed E-state index contributed by atoms with van der Waals surface area (Å²) in [4.78, 5) is 17.6. The van der Waals surface area contributed by atoms with Gasteiger partial charge >= 0.3 is 0 Å². The van der Waals surface area contributed by atoms with Crippen LogP contribution in [0.4, 0.5) is 0 Å². The Balaban J connectivity index is 1.84. The Kier molecular flexibility index (Phi) is 3.28. The Morgan fingerprint density at radius 3 is 2.65 bits per heavy atom. The fourth-order valence-corrected chi connectivity index (χ4v) is 3.35. The smallest absolute Gasteiger partial charge is 0.266 e. The highest BCUT2D eigenvalue weighted by atomic mass is 32.1. The van der Waals surface area contributed by atoms with Crippen LogP contribution in [0.3, 0.4) is 0 Å². The fourth-order valence-electron chi connectivity index (χ4n) is 2.44. The van der Waals surface area contributed by atoms with Crippen LogP contribution in [0.5, 0.6) is 0 Å². The summed E-state index contributed by atoms with van der Waals surface area (Å²) in [6, 6.07) is 17.7. The number of fused-ring (bicyclic) bond motifs is 1. The van der Waals surface area contributed by atoms with Crippen LogP contribution in [0.2, 0.25) is 0 Å². The first-order valence-corrected chi connectivity index (χ1v) is 8.06. The molecule has 0 fully saturated rings. The van der Waals surface area contributed by atoms with Crippen molar-refractivity contribution in [1.82, 2.24) is 14.6 Å². The molecule has 0 N–H and O–H groups in total. The van der Waals surface area contributed by atoms with E-state index < -0.39 is 0 Å². The van der Waals surface area contributed by atoms with Crippen molar-refractivity contribution in [1.29, 1.82) is 0 Å². The molecular weight excluding hydrogens is 306 g/mol. The summed E-state index contributed by atoms with van der Waals surface area (Å²) in [7, 11) is 0. The van der Waals surface area contributed by atoms with Crippen LogP contribution >= 0.6 is 11.3 Å². The van der Waals surface area contributed by atoms with Gasteiger partial charge in [-0.05, 0) is 24.6 Å². The van der Waals surface area contributed by atoms with Gasteiger partial charge in [-0.25, -0.2) is 0 Å². The Morgan fingerprint density at radius 1 is 1.09 bits per heavy atom. The first kappa shape index (κ1) is 13.8. The van der Waals surface area contributed by atoms with E-state index in [1.807, 2.05) is 67.6 Å². The SMILES string of the molecule is Cc1cccc(-c2nc3s/c(=C\c4ccccc4)c(=O)n3n2)c1. The summed E-state index contributed by atoms with van der Waals surface area (Å²) in [5.41, 5.74) is 2.93. The van der Waals surface area contributed by atoms with E-state index in [0.717, 1.165) is 16.7 Å². The van der Waals surface area contributed by atoms with Gasteiger partial charge in [-0.15, -0.1) is 5.10 Å². The molecule has 0 aliphatic heterocycles. The van der Waals surface area contributed by atoms with Crippen molar-refractivity contribution in [3.63, 3.8) is 0 Å². The van der Waals surface area contributed by atoms with Crippen LogP contribution in [0.1, 0.15) is 11.1 Å². The molecule has 23 heavy (non-hydrogen) atoms. The normalized spacial score (nSPS) is 12.1. The van der Waals surface area contributed by atoms with Gasteiger partial charge in [-0.2, -0.15) is 9.50 Å². The van der Waals surface area contributed by atoms with Gasteiger partial charge in [-0.3, -0.25) is 4.79 Å². The Morgan fingerprint density at radius 2 is 1.91 bits per heavy atom. The van der Waals surface area contributed by atoms with Crippen molar-refractivity contribution in [2.24, 2.45) is 0 Å².